The average molecular weight is 341 g/mol. The Morgan fingerprint density at radius 2 is 1.36 bits per heavy atom. The molecule has 0 saturated heterocycles. The van der Waals surface area contributed by atoms with Crippen molar-refractivity contribution in [3.8, 4) is 11.1 Å². The third-order valence-corrected chi connectivity index (χ3v) is 3.73. The fraction of sp³-hybridized carbons (Fsp3) is 0.0500. The van der Waals surface area contributed by atoms with E-state index in [4.69, 9.17) is 0 Å². The van der Waals surface area contributed by atoms with Crippen molar-refractivity contribution >= 4 is 11.6 Å². The average Bonchev–Trinajstić information content (AvgIpc) is 2.62. The molecule has 0 aliphatic carbocycles. The van der Waals surface area contributed by atoms with Crippen molar-refractivity contribution in [1.82, 2.24) is 0 Å². The van der Waals surface area contributed by atoms with Crippen molar-refractivity contribution in [2.75, 3.05) is 5.32 Å². The molecule has 0 aliphatic heterocycles. The van der Waals surface area contributed by atoms with Gasteiger partial charge in [-0.1, -0.05) is 48.5 Å². The highest BCUT2D eigenvalue weighted by molar-refractivity contribution is 6.08. The summed E-state index contributed by atoms with van der Waals surface area (Å²) in [6.07, 6.45) is -4.39. The van der Waals surface area contributed by atoms with Crippen LogP contribution in [0, 0.1) is 0 Å². The van der Waals surface area contributed by atoms with E-state index in [1.807, 2.05) is 6.07 Å². The van der Waals surface area contributed by atoms with Gasteiger partial charge in [-0.15, -0.1) is 0 Å². The smallest absolute Gasteiger partial charge is 0.322 e. The fourth-order valence-electron chi connectivity index (χ4n) is 2.49. The number of amides is 1. The van der Waals surface area contributed by atoms with Gasteiger partial charge in [-0.3, -0.25) is 4.79 Å². The number of nitrogens with one attached hydrogen (secondary N) is 1. The Morgan fingerprint density at radius 1 is 0.760 bits per heavy atom. The molecule has 3 aromatic rings. The van der Waals surface area contributed by atoms with Gasteiger partial charge in [0.05, 0.1) is 5.56 Å². The molecular formula is C20H14F3NO. The topological polar surface area (TPSA) is 29.1 Å². The van der Waals surface area contributed by atoms with Gasteiger partial charge < -0.3 is 5.32 Å². The quantitative estimate of drug-likeness (QED) is 0.658. The molecule has 2 nitrogen and oxygen atoms in total. The minimum atomic E-state index is -4.39. The molecule has 0 radical (unpaired) electrons. The molecule has 0 atom stereocenters. The van der Waals surface area contributed by atoms with Crippen LogP contribution in [0.1, 0.15) is 15.9 Å². The van der Waals surface area contributed by atoms with Gasteiger partial charge >= 0.3 is 6.18 Å². The van der Waals surface area contributed by atoms with Gasteiger partial charge in [0.2, 0.25) is 0 Å². The van der Waals surface area contributed by atoms with Gasteiger partial charge in [0.25, 0.3) is 5.91 Å². The molecule has 25 heavy (non-hydrogen) atoms. The zero-order valence-corrected chi connectivity index (χ0v) is 13.0. The van der Waals surface area contributed by atoms with Crippen molar-refractivity contribution in [1.29, 1.82) is 0 Å². The van der Waals surface area contributed by atoms with Crippen LogP contribution in [0.15, 0.2) is 78.9 Å². The molecule has 0 heterocycles. The second-order valence-electron chi connectivity index (χ2n) is 5.44. The van der Waals surface area contributed by atoms with Gasteiger partial charge in [-0.05, 0) is 41.5 Å². The summed E-state index contributed by atoms with van der Waals surface area (Å²) in [5, 5.41) is 2.79. The van der Waals surface area contributed by atoms with Crippen LogP contribution in [-0.2, 0) is 6.18 Å². The number of alkyl halides is 3. The number of rotatable bonds is 3. The second kappa shape index (κ2) is 6.81. The van der Waals surface area contributed by atoms with E-state index in [0.717, 1.165) is 12.1 Å². The van der Waals surface area contributed by atoms with E-state index in [1.54, 1.807) is 48.5 Å². The monoisotopic (exact) mass is 341 g/mol. The first-order valence-corrected chi connectivity index (χ1v) is 7.58. The number of para-hydroxylation sites is 1. The van der Waals surface area contributed by atoms with Crippen LogP contribution in [-0.4, -0.2) is 5.91 Å². The van der Waals surface area contributed by atoms with Crippen LogP contribution in [0.25, 0.3) is 11.1 Å². The van der Waals surface area contributed by atoms with Gasteiger partial charge in [0, 0.05) is 11.3 Å². The summed E-state index contributed by atoms with van der Waals surface area (Å²) in [5.74, 6) is -0.318. The van der Waals surface area contributed by atoms with E-state index in [0.29, 0.717) is 22.4 Å². The SMILES string of the molecule is O=C(Nc1ccccc1)c1ccccc1-c1ccc(C(F)(F)F)cc1. The summed E-state index contributed by atoms with van der Waals surface area (Å²) >= 11 is 0. The summed E-state index contributed by atoms with van der Waals surface area (Å²) in [5.41, 5.74) is 1.44. The van der Waals surface area contributed by atoms with E-state index in [2.05, 4.69) is 5.32 Å². The van der Waals surface area contributed by atoms with Crippen LogP contribution in [0.4, 0.5) is 18.9 Å². The van der Waals surface area contributed by atoms with E-state index in [-0.39, 0.29) is 5.91 Å². The molecule has 0 spiro atoms. The van der Waals surface area contributed by atoms with Crippen LogP contribution in [0.2, 0.25) is 0 Å². The number of carbonyl (C=O) groups is 1. The van der Waals surface area contributed by atoms with Crippen LogP contribution in [0.5, 0.6) is 0 Å². The lowest BCUT2D eigenvalue weighted by Crippen LogP contribution is -2.13. The van der Waals surface area contributed by atoms with Crippen molar-refractivity contribution in [3.05, 3.63) is 90.0 Å². The van der Waals surface area contributed by atoms with E-state index < -0.39 is 11.7 Å². The van der Waals surface area contributed by atoms with Gasteiger partial charge in [-0.25, -0.2) is 0 Å². The molecule has 0 bridgehead atoms. The zero-order valence-electron chi connectivity index (χ0n) is 13.0. The summed E-state index contributed by atoms with van der Waals surface area (Å²) in [4.78, 5) is 12.5. The van der Waals surface area contributed by atoms with Gasteiger partial charge in [0.15, 0.2) is 0 Å². The summed E-state index contributed by atoms with van der Waals surface area (Å²) in [7, 11) is 0. The maximum Gasteiger partial charge on any atom is 0.416 e. The van der Waals surface area contributed by atoms with Crippen molar-refractivity contribution in [2.24, 2.45) is 0 Å². The Bertz CT molecular complexity index is 871. The predicted octanol–water partition coefficient (Wildman–Crippen LogP) is 5.62. The molecule has 5 heteroatoms. The Balaban J connectivity index is 1.92. The van der Waals surface area contributed by atoms with Crippen LogP contribution >= 0.6 is 0 Å². The maximum absolute atomic E-state index is 12.7. The van der Waals surface area contributed by atoms with Crippen molar-refractivity contribution in [2.45, 2.75) is 6.18 Å². The molecule has 126 valence electrons. The number of hydrogen-bond donors (Lipinski definition) is 1. The number of hydrogen-bond acceptors (Lipinski definition) is 1. The van der Waals surface area contributed by atoms with Crippen molar-refractivity contribution in [3.63, 3.8) is 0 Å². The largest absolute Gasteiger partial charge is 0.416 e. The zero-order chi connectivity index (χ0) is 17.9. The predicted molar refractivity (Wildman–Crippen MR) is 91.3 cm³/mol. The highest BCUT2D eigenvalue weighted by atomic mass is 19.4. The Morgan fingerprint density at radius 3 is 2.00 bits per heavy atom. The first-order valence-electron chi connectivity index (χ1n) is 7.58. The van der Waals surface area contributed by atoms with Crippen LogP contribution < -0.4 is 5.32 Å². The molecule has 0 unspecified atom stereocenters. The third-order valence-electron chi connectivity index (χ3n) is 3.73. The minimum absolute atomic E-state index is 0.318. The normalized spacial score (nSPS) is 11.2. The molecule has 3 aromatic carbocycles. The van der Waals surface area contributed by atoms with E-state index >= 15 is 0 Å². The highest BCUT2D eigenvalue weighted by Gasteiger charge is 2.30. The van der Waals surface area contributed by atoms with Crippen LogP contribution in [0.3, 0.4) is 0 Å². The summed E-state index contributed by atoms with van der Waals surface area (Å²) in [6, 6.07) is 20.6. The molecular weight excluding hydrogens is 327 g/mol. The maximum atomic E-state index is 12.7. The standard InChI is InChI=1S/C20H14F3NO/c21-20(22,23)15-12-10-14(11-13-15)17-8-4-5-9-18(17)19(25)24-16-6-2-1-3-7-16/h1-13H,(H,24,25). The van der Waals surface area contributed by atoms with Gasteiger partial charge in [0.1, 0.15) is 0 Å². The fourth-order valence-corrected chi connectivity index (χ4v) is 2.49. The molecule has 3 rings (SSSR count). The van der Waals surface area contributed by atoms with Gasteiger partial charge in [-0.2, -0.15) is 13.2 Å². The molecule has 0 aromatic heterocycles. The van der Waals surface area contributed by atoms with E-state index in [1.165, 1.54) is 12.1 Å². The third kappa shape index (κ3) is 3.88. The lowest BCUT2D eigenvalue weighted by molar-refractivity contribution is -0.137. The second-order valence-corrected chi connectivity index (χ2v) is 5.44. The minimum Gasteiger partial charge on any atom is -0.322 e. The number of halogens is 3. The lowest BCUT2D eigenvalue weighted by atomic mass is 9.98. The number of anilines is 1. The van der Waals surface area contributed by atoms with E-state index in [9.17, 15) is 18.0 Å². The summed E-state index contributed by atoms with van der Waals surface area (Å²) < 4.78 is 38.1. The lowest BCUT2D eigenvalue weighted by Gasteiger charge is -2.12. The first-order chi connectivity index (χ1) is 11.9. The Kier molecular flexibility index (Phi) is 4.57. The molecule has 1 N–H and O–H groups in total. The number of carbonyl (C=O) groups excluding carboxylic acids is 1. The summed E-state index contributed by atoms with van der Waals surface area (Å²) in [6.45, 7) is 0. The first kappa shape index (κ1) is 16.8. The molecule has 1 amide bonds. The Labute approximate surface area is 142 Å². The molecule has 0 fully saturated rings. The molecule has 0 saturated carbocycles. The highest BCUT2D eigenvalue weighted by Crippen LogP contribution is 2.32. The van der Waals surface area contributed by atoms with Crippen molar-refractivity contribution < 1.29 is 18.0 Å². The molecule has 0 aliphatic rings. The number of benzene rings is 3. The Hall–Kier alpha value is -3.08.